The number of piperazine rings is 1. The van der Waals surface area contributed by atoms with Crippen LogP contribution in [0.2, 0.25) is 0 Å². The van der Waals surface area contributed by atoms with E-state index in [9.17, 15) is 9.59 Å². The average molecular weight is 449 g/mol. The molecule has 0 aliphatic carbocycles. The van der Waals surface area contributed by atoms with E-state index in [1.807, 2.05) is 53.4 Å². The molecule has 0 N–H and O–H groups in total. The van der Waals surface area contributed by atoms with Crippen LogP contribution in [0.25, 0.3) is 5.57 Å². The van der Waals surface area contributed by atoms with Crippen molar-refractivity contribution in [2.75, 3.05) is 63.2 Å². The zero-order chi connectivity index (χ0) is 23.5. The van der Waals surface area contributed by atoms with E-state index in [0.717, 1.165) is 31.9 Å². The SMILES string of the molecule is CCN(CC)c1ccc(N2C(=O)C(c3ccccc3OC)=C(N3CCN(C)CC3)C2=O)cc1. The molecule has 0 saturated carbocycles. The van der Waals surface area contributed by atoms with E-state index >= 15 is 0 Å². The summed E-state index contributed by atoms with van der Waals surface area (Å²) in [6, 6.07) is 15.1. The van der Waals surface area contributed by atoms with Crippen molar-refractivity contribution in [1.82, 2.24) is 9.80 Å². The average Bonchev–Trinajstić information content (AvgIpc) is 3.10. The summed E-state index contributed by atoms with van der Waals surface area (Å²) in [5, 5.41) is 0. The largest absolute Gasteiger partial charge is 0.496 e. The molecule has 2 aromatic carbocycles. The molecule has 0 bridgehead atoms. The Labute approximate surface area is 195 Å². The van der Waals surface area contributed by atoms with Crippen LogP contribution in [0.5, 0.6) is 5.75 Å². The normalized spacial score (nSPS) is 17.2. The third-order valence-electron chi connectivity index (χ3n) is 6.49. The maximum absolute atomic E-state index is 13.8. The Balaban J connectivity index is 1.76. The lowest BCUT2D eigenvalue weighted by atomic mass is 10.0. The molecule has 0 radical (unpaired) electrons. The second-order valence-electron chi connectivity index (χ2n) is 8.35. The third-order valence-corrected chi connectivity index (χ3v) is 6.49. The number of anilines is 2. The van der Waals surface area contributed by atoms with Gasteiger partial charge in [-0.1, -0.05) is 18.2 Å². The molecule has 2 heterocycles. The van der Waals surface area contributed by atoms with Crippen LogP contribution in [0.3, 0.4) is 0 Å². The zero-order valence-electron chi connectivity index (χ0n) is 19.9. The first-order valence-electron chi connectivity index (χ1n) is 11.5. The fourth-order valence-corrected chi connectivity index (χ4v) is 4.57. The van der Waals surface area contributed by atoms with Crippen molar-refractivity contribution in [2.45, 2.75) is 13.8 Å². The fraction of sp³-hybridized carbons (Fsp3) is 0.385. The van der Waals surface area contributed by atoms with Crippen LogP contribution >= 0.6 is 0 Å². The van der Waals surface area contributed by atoms with E-state index in [1.165, 1.54) is 4.90 Å². The summed E-state index contributed by atoms with van der Waals surface area (Å²) >= 11 is 0. The molecular weight excluding hydrogens is 416 g/mol. The van der Waals surface area contributed by atoms with Gasteiger partial charge in [0, 0.05) is 50.5 Å². The molecule has 2 aliphatic rings. The predicted molar refractivity (Wildman–Crippen MR) is 131 cm³/mol. The Morgan fingerprint density at radius 1 is 0.879 bits per heavy atom. The molecule has 1 saturated heterocycles. The number of rotatable bonds is 7. The van der Waals surface area contributed by atoms with Crippen molar-refractivity contribution >= 4 is 28.8 Å². The molecule has 4 rings (SSSR count). The lowest BCUT2D eigenvalue weighted by Gasteiger charge is -2.34. The van der Waals surface area contributed by atoms with Gasteiger partial charge in [0.25, 0.3) is 11.8 Å². The molecule has 7 heteroatoms. The topological polar surface area (TPSA) is 56.3 Å². The van der Waals surface area contributed by atoms with Gasteiger partial charge in [0.15, 0.2) is 0 Å². The van der Waals surface area contributed by atoms with Gasteiger partial charge in [0.2, 0.25) is 0 Å². The van der Waals surface area contributed by atoms with Crippen LogP contribution < -0.4 is 14.5 Å². The molecule has 0 spiro atoms. The molecule has 0 atom stereocenters. The Morgan fingerprint density at radius 3 is 2.12 bits per heavy atom. The summed E-state index contributed by atoms with van der Waals surface area (Å²) in [5.41, 5.74) is 3.17. The molecule has 7 nitrogen and oxygen atoms in total. The first-order chi connectivity index (χ1) is 16.0. The number of hydrogen-bond donors (Lipinski definition) is 0. The van der Waals surface area contributed by atoms with Crippen LogP contribution in [0.4, 0.5) is 11.4 Å². The summed E-state index contributed by atoms with van der Waals surface area (Å²) < 4.78 is 5.55. The van der Waals surface area contributed by atoms with Gasteiger partial charge in [-0.2, -0.15) is 0 Å². The summed E-state index contributed by atoms with van der Waals surface area (Å²) in [7, 11) is 3.65. The quantitative estimate of drug-likeness (QED) is 0.607. The third kappa shape index (κ3) is 4.20. The zero-order valence-corrected chi connectivity index (χ0v) is 19.9. The van der Waals surface area contributed by atoms with Crippen LogP contribution in [-0.4, -0.2) is 75.0 Å². The number of amides is 2. The van der Waals surface area contributed by atoms with Gasteiger partial charge in [-0.3, -0.25) is 9.59 Å². The summed E-state index contributed by atoms with van der Waals surface area (Å²) in [6.45, 7) is 9.06. The molecule has 174 valence electrons. The minimum atomic E-state index is -0.311. The van der Waals surface area contributed by atoms with E-state index in [-0.39, 0.29) is 11.8 Å². The van der Waals surface area contributed by atoms with Crippen molar-refractivity contribution in [1.29, 1.82) is 0 Å². The molecule has 0 aromatic heterocycles. The molecule has 1 fully saturated rings. The highest BCUT2D eigenvalue weighted by atomic mass is 16.5. The number of carbonyl (C=O) groups excluding carboxylic acids is 2. The van der Waals surface area contributed by atoms with E-state index in [1.54, 1.807) is 7.11 Å². The minimum absolute atomic E-state index is 0.277. The van der Waals surface area contributed by atoms with Gasteiger partial charge in [-0.15, -0.1) is 0 Å². The number of nitrogens with zero attached hydrogens (tertiary/aromatic N) is 4. The minimum Gasteiger partial charge on any atom is -0.496 e. The van der Waals surface area contributed by atoms with Crippen LogP contribution in [0, 0.1) is 0 Å². The second-order valence-corrected chi connectivity index (χ2v) is 8.35. The first kappa shape index (κ1) is 22.9. The van der Waals surface area contributed by atoms with Gasteiger partial charge >= 0.3 is 0 Å². The number of para-hydroxylation sites is 1. The van der Waals surface area contributed by atoms with Crippen molar-refractivity contribution < 1.29 is 14.3 Å². The number of carbonyl (C=O) groups is 2. The smallest absolute Gasteiger partial charge is 0.282 e. The molecule has 2 aromatic rings. The number of methoxy groups -OCH3 is 1. The van der Waals surface area contributed by atoms with E-state index < -0.39 is 0 Å². The molecule has 2 amide bonds. The summed E-state index contributed by atoms with van der Waals surface area (Å²) in [4.78, 5) is 35.3. The van der Waals surface area contributed by atoms with Gasteiger partial charge in [-0.25, -0.2) is 4.90 Å². The number of imide groups is 1. The van der Waals surface area contributed by atoms with Gasteiger partial charge in [-0.05, 0) is 51.2 Å². The highest BCUT2D eigenvalue weighted by molar-refractivity contribution is 6.45. The molecule has 33 heavy (non-hydrogen) atoms. The van der Waals surface area contributed by atoms with Crippen molar-refractivity contribution in [2.24, 2.45) is 0 Å². The number of hydrogen-bond acceptors (Lipinski definition) is 6. The Kier molecular flexibility index (Phi) is 6.70. The second kappa shape index (κ2) is 9.67. The molecular formula is C26H32N4O3. The van der Waals surface area contributed by atoms with Crippen LogP contribution in [0.1, 0.15) is 19.4 Å². The van der Waals surface area contributed by atoms with Crippen molar-refractivity contribution in [3.8, 4) is 5.75 Å². The van der Waals surface area contributed by atoms with Gasteiger partial charge in [0.1, 0.15) is 11.4 Å². The number of likely N-dealkylation sites (N-methyl/N-ethyl adjacent to an activating group) is 1. The predicted octanol–water partition coefficient (Wildman–Crippen LogP) is 3.07. The van der Waals surface area contributed by atoms with Crippen LogP contribution in [0.15, 0.2) is 54.2 Å². The van der Waals surface area contributed by atoms with E-state index in [4.69, 9.17) is 4.74 Å². The van der Waals surface area contributed by atoms with Gasteiger partial charge in [0.05, 0.1) is 18.4 Å². The number of benzene rings is 2. The fourth-order valence-electron chi connectivity index (χ4n) is 4.57. The lowest BCUT2D eigenvalue weighted by Crippen LogP contribution is -2.46. The molecule has 0 unspecified atom stereocenters. The van der Waals surface area contributed by atoms with Crippen LogP contribution in [-0.2, 0) is 9.59 Å². The lowest BCUT2D eigenvalue weighted by molar-refractivity contribution is -0.120. The number of ether oxygens (including phenoxy) is 1. The van der Waals surface area contributed by atoms with Gasteiger partial charge < -0.3 is 19.4 Å². The monoisotopic (exact) mass is 448 g/mol. The Hall–Kier alpha value is -3.32. The Bertz CT molecular complexity index is 1050. The highest BCUT2D eigenvalue weighted by Gasteiger charge is 2.43. The van der Waals surface area contributed by atoms with E-state index in [0.29, 0.717) is 41.4 Å². The standard InChI is InChI=1S/C26H32N4O3/c1-5-28(6-2)19-11-13-20(14-12-19)30-25(31)23(21-9-7-8-10-22(21)33-4)24(26(30)32)29-17-15-27(3)16-18-29/h7-14H,5-6,15-18H2,1-4H3. The molecule has 2 aliphatic heterocycles. The maximum Gasteiger partial charge on any atom is 0.282 e. The van der Waals surface area contributed by atoms with Crippen molar-refractivity contribution in [3.63, 3.8) is 0 Å². The van der Waals surface area contributed by atoms with E-state index in [2.05, 4.69) is 30.7 Å². The summed E-state index contributed by atoms with van der Waals surface area (Å²) in [5.74, 6) is -0.00549. The highest BCUT2D eigenvalue weighted by Crippen LogP contribution is 2.38. The first-order valence-corrected chi connectivity index (χ1v) is 11.5. The summed E-state index contributed by atoms with van der Waals surface area (Å²) in [6.07, 6.45) is 0. The maximum atomic E-state index is 13.8. The Morgan fingerprint density at radius 2 is 1.52 bits per heavy atom. The van der Waals surface area contributed by atoms with Crippen molar-refractivity contribution in [3.05, 3.63) is 59.8 Å².